The molecule has 0 unspecified atom stereocenters. The van der Waals surface area contributed by atoms with Crippen molar-refractivity contribution in [3.63, 3.8) is 0 Å². The lowest BCUT2D eigenvalue weighted by molar-refractivity contribution is 0.0683. The lowest BCUT2D eigenvalue weighted by atomic mass is 9.99. The van der Waals surface area contributed by atoms with Gasteiger partial charge in [0.2, 0.25) is 0 Å². The Morgan fingerprint density at radius 1 is 1.65 bits per heavy atom. The third-order valence-electron chi connectivity index (χ3n) is 3.31. The number of hydrogen-bond acceptors (Lipinski definition) is 4. The second-order valence-electron chi connectivity index (χ2n) is 4.85. The van der Waals surface area contributed by atoms with E-state index in [9.17, 15) is 4.79 Å². The lowest BCUT2D eigenvalue weighted by Gasteiger charge is -2.30. The summed E-state index contributed by atoms with van der Waals surface area (Å²) in [4.78, 5) is 13.3. The van der Waals surface area contributed by atoms with Crippen LogP contribution in [0.1, 0.15) is 41.6 Å². The third-order valence-corrected chi connectivity index (χ3v) is 3.31. The minimum atomic E-state index is -1.01. The van der Waals surface area contributed by atoms with Crippen molar-refractivity contribution in [3.8, 4) is 0 Å². The van der Waals surface area contributed by atoms with Gasteiger partial charge in [0.25, 0.3) is 0 Å². The molecule has 0 bridgehead atoms. The molecule has 0 spiro atoms. The maximum absolute atomic E-state index is 11.0. The first kappa shape index (κ1) is 12.1. The van der Waals surface area contributed by atoms with Crippen LogP contribution in [0.15, 0.2) is 4.52 Å². The number of piperidine rings is 1. The number of carboxylic acid groups (broad SMARTS) is 1. The fraction of sp³-hybridized carbons (Fsp3) is 0.667. The molecule has 1 aromatic heterocycles. The van der Waals surface area contributed by atoms with E-state index >= 15 is 0 Å². The van der Waals surface area contributed by atoms with Gasteiger partial charge in [0.15, 0.2) is 5.69 Å². The average Bonchev–Trinajstić information content (AvgIpc) is 2.61. The van der Waals surface area contributed by atoms with Gasteiger partial charge in [-0.15, -0.1) is 0 Å². The molecule has 94 valence electrons. The summed E-state index contributed by atoms with van der Waals surface area (Å²) >= 11 is 0. The Balaban J connectivity index is 2.12. The molecule has 0 aliphatic carbocycles. The molecular formula is C12H18N2O3. The van der Waals surface area contributed by atoms with Gasteiger partial charge in [-0.2, -0.15) is 0 Å². The first-order valence-corrected chi connectivity index (χ1v) is 5.98. The number of carbonyl (C=O) groups is 1. The Labute approximate surface area is 100 Å². The average molecular weight is 238 g/mol. The zero-order chi connectivity index (χ0) is 12.4. The number of aryl methyl sites for hydroxylation is 1. The van der Waals surface area contributed by atoms with E-state index in [2.05, 4.69) is 17.0 Å². The predicted molar refractivity (Wildman–Crippen MR) is 61.9 cm³/mol. The number of hydrogen-bond donors (Lipinski definition) is 1. The summed E-state index contributed by atoms with van der Waals surface area (Å²) in [5.41, 5.74) is 0.771. The summed E-state index contributed by atoms with van der Waals surface area (Å²) in [5.74, 6) is 0.278. The highest BCUT2D eigenvalue weighted by molar-refractivity contribution is 5.87. The van der Waals surface area contributed by atoms with E-state index in [1.807, 2.05) is 0 Å². The second-order valence-corrected chi connectivity index (χ2v) is 4.85. The van der Waals surface area contributed by atoms with Crippen LogP contribution >= 0.6 is 0 Å². The summed E-state index contributed by atoms with van der Waals surface area (Å²) in [6, 6.07) is 0. The predicted octanol–water partition coefficient (Wildman–Crippen LogP) is 1.91. The van der Waals surface area contributed by atoms with E-state index in [1.54, 1.807) is 6.92 Å². The van der Waals surface area contributed by atoms with E-state index in [0.29, 0.717) is 23.8 Å². The van der Waals surface area contributed by atoms with Crippen LogP contribution in [0.25, 0.3) is 0 Å². The summed E-state index contributed by atoms with van der Waals surface area (Å²) < 4.78 is 4.97. The molecule has 1 atom stereocenters. The highest BCUT2D eigenvalue weighted by atomic mass is 16.5. The molecule has 1 N–H and O–H groups in total. The van der Waals surface area contributed by atoms with E-state index in [-0.39, 0.29) is 5.69 Å². The molecule has 0 saturated carbocycles. The molecule has 1 aromatic rings. The zero-order valence-corrected chi connectivity index (χ0v) is 10.3. The van der Waals surface area contributed by atoms with E-state index in [4.69, 9.17) is 9.63 Å². The SMILES string of the molecule is Cc1onc(C(=O)O)c1CN1CCC[C@@H](C)C1. The van der Waals surface area contributed by atoms with Gasteiger partial charge in [0, 0.05) is 18.7 Å². The summed E-state index contributed by atoms with van der Waals surface area (Å²) in [7, 11) is 0. The quantitative estimate of drug-likeness (QED) is 0.871. The monoisotopic (exact) mass is 238 g/mol. The molecule has 1 saturated heterocycles. The van der Waals surface area contributed by atoms with E-state index in [1.165, 1.54) is 12.8 Å². The number of carboxylic acids is 1. The van der Waals surface area contributed by atoms with Gasteiger partial charge in [-0.05, 0) is 32.2 Å². The Hall–Kier alpha value is -1.36. The minimum absolute atomic E-state index is 0.0562. The maximum atomic E-state index is 11.0. The largest absolute Gasteiger partial charge is 0.476 e. The standard InChI is InChI=1S/C12H18N2O3/c1-8-4-3-5-14(6-8)7-10-9(2)17-13-11(10)12(15)16/h8H,3-7H2,1-2H3,(H,15,16)/t8-/m1/s1. The summed E-state index contributed by atoms with van der Waals surface area (Å²) in [5, 5.41) is 12.6. The molecule has 1 aliphatic heterocycles. The number of aromatic carboxylic acids is 1. The smallest absolute Gasteiger partial charge is 0.358 e. The lowest BCUT2D eigenvalue weighted by Crippen LogP contribution is -2.34. The minimum Gasteiger partial charge on any atom is -0.476 e. The number of rotatable bonds is 3. The van der Waals surface area contributed by atoms with Gasteiger partial charge in [0.05, 0.1) is 0 Å². The van der Waals surface area contributed by atoms with Gasteiger partial charge in [-0.3, -0.25) is 4.90 Å². The fourth-order valence-corrected chi connectivity index (χ4v) is 2.40. The number of likely N-dealkylation sites (tertiary alicyclic amines) is 1. The molecule has 0 radical (unpaired) electrons. The Bertz CT molecular complexity index is 414. The van der Waals surface area contributed by atoms with E-state index in [0.717, 1.165) is 13.1 Å². The normalized spacial score (nSPS) is 21.6. The zero-order valence-electron chi connectivity index (χ0n) is 10.3. The van der Waals surface area contributed by atoms with Crippen LogP contribution < -0.4 is 0 Å². The van der Waals surface area contributed by atoms with Crippen molar-refractivity contribution in [1.29, 1.82) is 0 Å². The Morgan fingerprint density at radius 2 is 2.41 bits per heavy atom. The molecule has 2 rings (SSSR count). The van der Waals surface area contributed by atoms with Gasteiger partial charge in [-0.25, -0.2) is 4.79 Å². The van der Waals surface area contributed by atoms with Crippen LogP contribution in [0.5, 0.6) is 0 Å². The summed E-state index contributed by atoms with van der Waals surface area (Å²) in [6.45, 7) is 6.66. The van der Waals surface area contributed by atoms with Crippen LogP contribution in [-0.4, -0.2) is 34.2 Å². The summed E-state index contributed by atoms with van der Waals surface area (Å²) in [6.07, 6.45) is 2.43. The van der Waals surface area contributed by atoms with Gasteiger partial charge < -0.3 is 9.63 Å². The van der Waals surface area contributed by atoms with Crippen molar-refractivity contribution >= 4 is 5.97 Å². The van der Waals surface area contributed by atoms with Gasteiger partial charge in [-0.1, -0.05) is 12.1 Å². The number of nitrogens with zero attached hydrogens (tertiary/aromatic N) is 2. The molecule has 0 amide bonds. The molecule has 5 heteroatoms. The topological polar surface area (TPSA) is 66.6 Å². The van der Waals surface area contributed by atoms with Crippen molar-refractivity contribution in [2.45, 2.75) is 33.2 Å². The van der Waals surface area contributed by atoms with Crippen LogP contribution in [-0.2, 0) is 6.54 Å². The molecule has 17 heavy (non-hydrogen) atoms. The molecule has 1 fully saturated rings. The highest BCUT2D eigenvalue weighted by Gasteiger charge is 2.23. The van der Waals surface area contributed by atoms with Gasteiger partial charge in [0.1, 0.15) is 5.76 Å². The molecule has 5 nitrogen and oxygen atoms in total. The molecule has 2 heterocycles. The molecule has 0 aromatic carbocycles. The Morgan fingerprint density at radius 3 is 3.06 bits per heavy atom. The second kappa shape index (κ2) is 4.87. The fourth-order valence-electron chi connectivity index (χ4n) is 2.40. The van der Waals surface area contributed by atoms with Crippen LogP contribution in [0.3, 0.4) is 0 Å². The van der Waals surface area contributed by atoms with Crippen LogP contribution in [0.4, 0.5) is 0 Å². The first-order valence-electron chi connectivity index (χ1n) is 5.98. The number of aromatic nitrogens is 1. The third kappa shape index (κ3) is 2.66. The Kier molecular flexibility index (Phi) is 3.47. The van der Waals surface area contributed by atoms with Crippen molar-refractivity contribution in [1.82, 2.24) is 10.1 Å². The van der Waals surface area contributed by atoms with Gasteiger partial charge >= 0.3 is 5.97 Å². The van der Waals surface area contributed by atoms with Crippen molar-refractivity contribution < 1.29 is 14.4 Å². The molecule has 1 aliphatic rings. The van der Waals surface area contributed by atoms with Crippen molar-refractivity contribution in [2.75, 3.05) is 13.1 Å². The van der Waals surface area contributed by atoms with Crippen molar-refractivity contribution in [2.24, 2.45) is 5.92 Å². The van der Waals surface area contributed by atoms with Crippen molar-refractivity contribution in [3.05, 3.63) is 17.0 Å². The van der Waals surface area contributed by atoms with Crippen LogP contribution in [0, 0.1) is 12.8 Å². The highest BCUT2D eigenvalue weighted by Crippen LogP contribution is 2.21. The maximum Gasteiger partial charge on any atom is 0.358 e. The first-order chi connectivity index (χ1) is 8.08. The molecular weight excluding hydrogens is 220 g/mol. The van der Waals surface area contributed by atoms with E-state index < -0.39 is 5.97 Å². The van der Waals surface area contributed by atoms with Crippen LogP contribution in [0.2, 0.25) is 0 Å².